The number of nitrogens with zero attached hydrogens (tertiary/aromatic N) is 6. The summed E-state index contributed by atoms with van der Waals surface area (Å²) in [6, 6.07) is 0.991. The Kier molecular flexibility index (Phi) is 7.30. The molecule has 10 nitrogen and oxygen atoms in total. The summed E-state index contributed by atoms with van der Waals surface area (Å²) in [5, 5.41) is 17.4. The van der Waals surface area contributed by atoms with Crippen LogP contribution in [0.25, 0.3) is 15.4 Å². The summed E-state index contributed by atoms with van der Waals surface area (Å²) in [6.07, 6.45) is -0.961. The Balaban J connectivity index is 1.60. The normalized spacial score (nSPS) is 19.3. The molecule has 15 heteroatoms. The molecule has 3 aromatic heterocycles. The zero-order valence-corrected chi connectivity index (χ0v) is 22.6. The van der Waals surface area contributed by atoms with Crippen LogP contribution in [0.5, 0.6) is 0 Å². The van der Waals surface area contributed by atoms with Crippen molar-refractivity contribution in [2.75, 3.05) is 18.4 Å². The van der Waals surface area contributed by atoms with Crippen LogP contribution in [0.2, 0.25) is 0 Å². The van der Waals surface area contributed by atoms with Crippen molar-refractivity contribution in [1.82, 2.24) is 24.1 Å². The van der Waals surface area contributed by atoms with Gasteiger partial charge in [0.1, 0.15) is 10.5 Å². The summed E-state index contributed by atoms with van der Waals surface area (Å²) < 4.78 is 70.2. The molecule has 3 aromatic rings. The van der Waals surface area contributed by atoms with Gasteiger partial charge in [0.05, 0.1) is 24.1 Å². The molecule has 0 saturated carbocycles. The van der Waals surface area contributed by atoms with E-state index >= 15 is 0 Å². The van der Waals surface area contributed by atoms with Crippen LogP contribution >= 0.6 is 11.3 Å². The zero-order valence-electron chi connectivity index (χ0n) is 21.0. The van der Waals surface area contributed by atoms with Crippen molar-refractivity contribution < 1.29 is 26.7 Å². The number of hydrogen-bond donors (Lipinski definition) is 2. The smallest absolute Gasteiger partial charge is 0.386 e. The summed E-state index contributed by atoms with van der Waals surface area (Å²) in [4.78, 5) is 11.8. The molecule has 1 fully saturated rings. The molecular weight excluding hydrogens is 543 g/mol. The number of alkyl halides is 3. The number of aliphatic hydroxyl groups is 1. The molecule has 0 bridgehead atoms. The van der Waals surface area contributed by atoms with Gasteiger partial charge in [-0.2, -0.15) is 22.6 Å². The highest BCUT2D eigenvalue weighted by molar-refractivity contribution is 7.89. The van der Waals surface area contributed by atoms with E-state index in [1.807, 2.05) is 6.92 Å². The third-order valence-corrected chi connectivity index (χ3v) is 9.48. The summed E-state index contributed by atoms with van der Waals surface area (Å²) in [6.45, 7) is 12.5. The molecule has 0 aromatic carbocycles. The van der Waals surface area contributed by atoms with E-state index in [-0.39, 0.29) is 51.3 Å². The Morgan fingerprint density at radius 1 is 1.29 bits per heavy atom. The van der Waals surface area contributed by atoms with E-state index in [2.05, 4.69) is 25.2 Å². The summed E-state index contributed by atoms with van der Waals surface area (Å²) in [7, 11) is -2.10. The number of piperidine rings is 1. The number of hydrogen-bond acceptors (Lipinski definition) is 8. The molecule has 1 aliphatic rings. The third-order valence-electron chi connectivity index (χ3n) is 6.22. The lowest BCUT2D eigenvalue weighted by molar-refractivity contribution is -0.137. The average molecular weight is 570 g/mol. The molecule has 38 heavy (non-hydrogen) atoms. The molecule has 0 unspecified atom stereocenters. The number of aromatic nitrogens is 4. The Morgan fingerprint density at radius 2 is 2.00 bits per heavy atom. The minimum Gasteiger partial charge on any atom is -0.386 e. The molecular formula is C23H26F3N7O3S2. The van der Waals surface area contributed by atoms with E-state index in [0.29, 0.717) is 12.6 Å². The first-order chi connectivity index (χ1) is 17.6. The monoisotopic (exact) mass is 569 g/mol. The van der Waals surface area contributed by atoms with Gasteiger partial charge in [0.2, 0.25) is 21.7 Å². The Morgan fingerprint density at radius 3 is 2.53 bits per heavy atom. The molecule has 0 amide bonds. The van der Waals surface area contributed by atoms with E-state index in [4.69, 9.17) is 6.57 Å². The maximum Gasteiger partial charge on any atom is 0.420 e. The van der Waals surface area contributed by atoms with Crippen LogP contribution in [0.1, 0.15) is 37.6 Å². The predicted molar refractivity (Wildman–Crippen MR) is 135 cm³/mol. The molecule has 1 saturated heterocycles. The maximum atomic E-state index is 13.8. The molecule has 0 radical (unpaired) electrons. The lowest BCUT2D eigenvalue weighted by atomic mass is 9.95. The zero-order chi connectivity index (χ0) is 28.0. The van der Waals surface area contributed by atoms with Gasteiger partial charge in [-0.05, 0) is 32.3 Å². The van der Waals surface area contributed by atoms with Gasteiger partial charge in [-0.25, -0.2) is 23.2 Å². The Bertz CT molecular complexity index is 1490. The predicted octanol–water partition coefficient (Wildman–Crippen LogP) is 4.25. The van der Waals surface area contributed by atoms with E-state index in [9.17, 15) is 26.7 Å². The quantitative estimate of drug-likeness (QED) is 0.426. The fourth-order valence-electron chi connectivity index (χ4n) is 4.25. The fraction of sp³-hybridized carbons (Fsp3) is 0.478. The first-order valence-corrected chi connectivity index (χ1v) is 13.8. The highest BCUT2D eigenvalue weighted by atomic mass is 32.2. The van der Waals surface area contributed by atoms with Crippen molar-refractivity contribution in [3.05, 3.63) is 46.5 Å². The lowest BCUT2D eigenvalue weighted by Crippen LogP contribution is -2.47. The van der Waals surface area contributed by atoms with Gasteiger partial charge in [-0.1, -0.05) is 6.92 Å². The molecule has 1 aliphatic heterocycles. The summed E-state index contributed by atoms with van der Waals surface area (Å²) in [5.41, 5.74) is -2.83. The van der Waals surface area contributed by atoms with Gasteiger partial charge < -0.3 is 10.4 Å². The number of thiophene rings is 1. The van der Waals surface area contributed by atoms with Crippen LogP contribution < -0.4 is 5.32 Å². The molecule has 2 atom stereocenters. The van der Waals surface area contributed by atoms with Crippen molar-refractivity contribution in [2.24, 2.45) is 13.0 Å². The first-order valence-electron chi connectivity index (χ1n) is 11.6. The van der Waals surface area contributed by atoms with E-state index in [1.54, 1.807) is 7.05 Å². The standard InChI is InChI=1S/C23H26F3N7O3S2/c1-13-11-33(38(35,36)14-9-29-32(5)12-14)7-6-16(13)30-21-28-10-15(23(24,25)26)19(31-21)18-8-17(27-4)20(37-18)22(2,3)34/h8-10,12-13,16,34H,6-7,11H2,1-3,5H3,(H,28,30,31)/t13-,16+/m1/s1. The SMILES string of the molecule is [C-]#[N+]c1cc(-c2nc(N[C@H]3CCN(S(=O)(=O)c4cnn(C)c4)C[C@H]3C)ncc2C(F)(F)F)sc1C(C)(C)O. The van der Waals surface area contributed by atoms with Gasteiger partial charge in [0.25, 0.3) is 0 Å². The molecule has 4 heterocycles. The summed E-state index contributed by atoms with van der Waals surface area (Å²) >= 11 is 0.870. The van der Waals surface area contributed by atoms with Gasteiger partial charge in [-0.15, -0.1) is 11.3 Å². The fourth-order valence-corrected chi connectivity index (χ4v) is 6.90. The minimum absolute atomic E-state index is 0.0454. The number of aryl methyl sites for hydroxylation is 1. The van der Waals surface area contributed by atoms with Crippen LogP contribution in [0.4, 0.5) is 24.8 Å². The van der Waals surface area contributed by atoms with Crippen LogP contribution in [0.3, 0.4) is 0 Å². The number of nitrogens with one attached hydrogen (secondary N) is 1. The van der Waals surface area contributed by atoms with Gasteiger partial charge >= 0.3 is 6.18 Å². The van der Waals surface area contributed by atoms with Crippen LogP contribution in [-0.2, 0) is 28.8 Å². The van der Waals surface area contributed by atoms with Crippen molar-refractivity contribution in [3.8, 4) is 10.6 Å². The largest absolute Gasteiger partial charge is 0.420 e. The van der Waals surface area contributed by atoms with Crippen molar-refractivity contribution in [1.29, 1.82) is 0 Å². The molecule has 0 spiro atoms. The molecule has 0 aliphatic carbocycles. The molecule has 4 rings (SSSR count). The maximum absolute atomic E-state index is 13.8. The third kappa shape index (κ3) is 5.53. The second-order valence-electron chi connectivity index (χ2n) is 9.68. The average Bonchev–Trinajstić information content (AvgIpc) is 3.46. The van der Waals surface area contributed by atoms with Crippen molar-refractivity contribution in [3.63, 3.8) is 0 Å². The van der Waals surface area contributed by atoms with Crippen LogP contribution in [0.15, 0.2) is 29.6 Å². The van der Waals surface area contributed by atoms with Gasteiger partial charge in [0, 0.05) is 48.3 Å². The van der Waals surface area contributed by atoms with Crippen LogP contribution in [-0.4, -0.2) is 56.7 Å². The summed E-state index contributed by atoms with van der Waals surface area (Å²) in [5.74, 6) is -0.252. The van der Waals surface area contributed by atoms with E-state index in [0.717, 1.165) is 11.3 Å². The second-order valence-corrected chi connectivity index (χ2v) is 12.7. The van der Waals surface area contributed by atoms with E-state index in [1.165, 1.54) is 41.3 Å². The van der Waals surface area contributed by atoms with Gasteiger partial charge in [0.15, 0.2) is 0 Å². The lowest BCUT2D eigenvalue weighted by Gasteiger charge is -2.36. The Labute approximate surface area is 222 Å². The van der Waals surface area contributed by atoms with Crippen molar-refractivity contribution >= 4 is 33.0 Å². The van der Waals surface area contributed by atoms with Crippen LogP contribution in [0, 0.1) is 12.5 Å². The number of rotatable bonds is 6. The van der Waals surface area contributed by atoms with Crippen molar-refractivity contribution in [2.45, 2.75) is 49.9 Å². The topological polar surface area (TPSA) is 118 Å². The molecule has 2 N–H and O–H groups in total. The molecule has 204 valence electrons. The highest BCUT2D eigenvalue weighted by Gasteiger charge is 2.38. The van der Waals surface area contributed by atoms with Gasteiger partial charge in [-0.3, -0.25) is 4.68 Å². The second kappa shape index (κ2) is 9.92. The first kappa shape index (κ1) is 28.0. The number of anilines is 1. The number of halogens is 3. The minimum atomic E-state index is -4.75. The highest BCUT2D eigenvalue weighted by Crippen LogP contribution is 2.45. The Hall–Kier alpha value is -3.06. The number of sulfonamides is 1. The van der Waals surface area contributed by atoms with E-state index < -0.39 is 33.1 Å².